The molecule has 1 heterocycles. The van der Waals surface area contributed by atoms with E-state index >= 15 is 0 Å². The molecule has 104 valence electrons. The van der Waals surface area contributed by atoms with Gasteiger partial charge in [-0.15, -0.1) is 0 Å². The van der Waals surface area contributed by atoms with Gasteiger partial charge in [0.1, 0.15) is 0 Å². The SMILES string of the molecule is CCOC(=O)C[C@@H](O)[C@H]1CN1[C@@H](C)c1ccccc1. The number of carbonyl (C=O) groups is 1. The third kappa shape index (κ3) is 3.55. The molecule has 1 aromatic carbocycles. The van der Waals surface area contributed by atoms with Crippen molar-refractivity contribution in [2.24, 2.45) is 0 Å². The molecule has 0 saturated carbocycles. The van der Waals surface area contributed by atoms with Crippen LogP contribution in [0.25, 0.3) is 0 Å². The number of aliphatic hydroxyl groups is 1. The maximum absolute atomic E-state index is 11.3. The highest BCUT2D eigenvalue weighted by Gasteiger charge is 2.43. The van der Waals surface area contributed by atoms with Crippen LogP contribution >= 0.6 is 0 Å². The topological polar surface area (TPSA) is 49.5 Å². The van der Waals surface area contributed by atoms with E-state index in [1.807, 2.05) is 18.2 Å². The molecule has 1 aliphatic heterocycles. The van der Waals surface area contributed by atoms with Crippen LogP contribution in [0.1, 0.15) is 31.9 Å². The zero-order chi connectivity index (χ0) is 13.8. The van der Waals surface area contributed by atoms with E-state index in [1.165, 1.54) is 5.56 Å². The fourth-order valence-electron chi connectivity index (χ4n) is 2.41. The second-order valence-electron chi connectivity index (χ2n) is 4.93. The van der Waals surface area contributed by atoms with Crippen LogP contribution in [-0.4, -0.2) is 41.3 Å². The quantitative estimate of drug-likeness (QED) is 0.627. The molecule has 1 unspecified atom stereocenters. The van der Waals surface area contributed by atoms with Gasteiger partial charge < -0.3 is 9.84 Å². The standard InChI is InChI=1S/C15H21NO3/c1-3-19-15(18)9-14(17)13-10-16(13)11(2)12-7-5-4-6-8-12/h4-8,11,13-14,17H,3,9-10H2,1-2H3/t11-,13+,14+,16?/m0/s1. The van der Waals surface area contributed by atoms with Gasteiger partial charge in [0.05, 0.1) is 19.1 Å². The molecule has 4 atom stereocenters. The summed E-state index contributed by atoms with van der Waals surface area (Å²) in [4.78, 5) is 13.5. The van der Waals surface area contributed by atoms with E-state index in [0.717, 1.165) is 6.54 Å². The zero-order valence-corrected chi connectivity index (χ0v) is 11.5. The summed E-state index contributed by atoms with van der Waals surface area (Å²) in [7, 11) is 0. The van der Waals surface area contributed by atoms with Crippen LogP contribution in [0, 0.1) is 0 Å². The number of esters is 1. The molecule has 19 heavy (non-hydrogen) atoms. The summed E-state index contributed by atoms with van der Waals surface area (Å²) in [6, 6.07) is 10.5. The van der Waals surface area contributed by atoms with Gasteiger partial charge >= 0.3 is 5.97 Å². The highest BCUT2D eigenvalue weighted by molar-refractivity contribution is 5.70. The molecule has 0 aliphatic carbocycles. The Balaban J connectivity index is 1.85. The number of hydrogen-bond donors (Lipinski definition) is 1. The first-order valence-corrected chi connectivity index (χ1v) is 6.77. The van der Waals surface area contributed by atoms with Crippen LogP contribution < -0.4 is 0 Å². The molecule has 4 nitrogen and oxygen atoms in total. The summed E-state index contributed by atoms with van der Waals surface area (Å²) >= 11 is 0. The van der Waals surface area contributed by atoms with Crippen molar-refractivity contribution in [1.29, 1.82) is 0 Å². The smallest absolute Gasteiger partial charge is 0.308 e. The fourth-order valence-corrected chi connectivity index (χ4v) is 2.41. The summed E-state index contributed by atoms with van der Waals surface area (Å²) in [6.07, 6.45) is -0.554. The molecule has 0 spiro atoms. The molecule has 2 rings (SSSR count). The van der Waals surface area contributed by atoms with E-state index in [0.29, 0.717) is 6.61 Å². The van der Waals surface area contributed by atoms with Crippen LogP contribution in [0.4, 0.5) is 0 Å². The van der Waals surface area contributed by atoms with Crippen molar-refractivity contribution < 1.29 is 14.6 Å². The monoisotopic (exact) mass is 263 g/mol. The minimum atomic E-state index is -0.634. The summed E-state index contributed by atoms with van der Waals surface area (Å²) in [5.74, 6) is -0.325. The van der Waals surface area contributed by atoms with E-state index in [1.54, 1.807) is 6.92 Å². The van der Waals surface area contributed by atoms with Crippen molar-refractivity contribution in [3.8, 4) is 0 Å². The minimum absolute atomic E-state index is 0.0691. The van der Waals surface area contributed by atoms with Crippen LogP contribution in [0.3, 0.4) is 0 Å². The fraction of sp³-hybridized carbons (Fsp3) is 0.533. The zero-order valence-electron chi connectivity index (χ0n) is 11.5. The third-order valence-corrected chi connectivity index (χ3v) is 3.60. The lowest BCUT2D eigenvalue weighted by molar-refractivity contribution is -0.145. The maximum Gasteiger partial charge on any atom is 0.308 e. The van der Waals surface area contributed by atoms with Crippen molar-refractivity contribution in [2.45, 2.75) is 38.5 Å². The Labute approximate surface area is 114 Å². The first-order valence-electron chi connectivity index (χ1n) is 6.77. The Morgan fingerprint density at radius 3 is 2.79 bits per heavy atom. The van der Waals surface area contributed by atoms with Gasteiger partial charge in [-0.3, -0.25) is 9.69 Å². The van der Waals surface area contributed by atoms with Gasteiger partial charge in [-0.25, -0.2) is 0 Å². The molecule has 1 aromatic rings. The largest absolute Gasteiger partial charge is 0.466 e. The number of carbonyl (C=O) groups excluding carboxylic acids is 1. The van der Waals surface area contributed by atoms with Gasteiger partial charge in [-0.2, -0.15) is 0 Å². The van der Waals surface area contributed by atoms with Crippen molar-refractivity contribution in [2.75, 3.05) is 13.2 Å². The molecule has 1 N–H and O–H groups in total. The predicted molar refractivity (Wildman–Crippen MR) is 72.6 cm³/mol. The Morgan fingerprint density at radius 1 is 1.47 bits per heavy atom. The van der Waals surface area contributed by atoms with Crippen molar-refractivity contribution in [3.63, 3.8) is 0 Å². The van der Waals surface area contributed by atoms with Crippen molar-refractivity contribution >= 4 is 5.97 Å². The number of hydrogen-bond acceptors (Lipinski definition) is 4. The van der Waals surface area contributed by atoms with E-state index in [-0.39, 0.29) is 24.5 Å². The van der Waals surface area contributed by atoms with Crippen LogP contribution in [0.15, 0.2) is 30.3 Å². The van der Waals surface area contributed by atoms with Gasteiger partial charge in [0, 0.05) is 18.6 Å². The first-order chi connectivity index (χ1) is 9.13. The number of aliphatic hydroxyl groups excluding tert-OH is 1. The minimum Gasteiger partial charge on any atom is -0.466 e. The molecular formula is C15H21NO3. The summed E-state index contributed by atoms with van der Waals surface area (Å²) in [5.41, 5.74) is 1.23. The first kappa shape index (κ1) is 14.0. The summed E-state index contributed by atoms with van der Waals surface area (Å²) in [6.45, 7) is 5.08. The second-order valence-corrected chi connectivity index (χ2v) is 4.93. The molecular weight excluding hydrogens is 242 g/mol. The van der Waals surface area contributed by atoms with Gasteiger partial charge in [-0.1, -0.05) is 30.3 Å². The molecule has 1 fully saturated rings. The number of benzene rings is 1. The van der Waals surface area contributed by atoms with E-state index < -0.39 is 6.10 Å². The highest BCUT2D eigenvalue weighted by atomic mass is 16.5. The number of rotatable bonds is 6. The third-order valence-electron chi connectivity index (χ3n) is 3.60. The van der Waals surface area contributed by atoms with Crippen LogP contribution in [0.5, 0.6) is 0 Å². The van der Waals surface area contributed by atoms with Crippen molar-refractivity contribution in [1.82, 2.24) is 4.90 Å². The molecule has 0 radical (unpaired) electrons. The molecule has 1 saturated heterocycles. The Hall–Kier alpha value is -1.39. The maximum atomic E-state index is 11.3. The van der Waals surface area contributed by atoms with E-state index in [9.17, 15) is 9.90 Å². The summed E-state index contributed by atoms with van der Waals surface area (Å²) in [5, 5.41) is 10.0. The molecule has 0 bridgehead atoms. The van der Waals surface area contributed by atoms with Crippen LogP contribution in [-0.2, 0) is 9.53 Å². The van der Waals surface area contributed by atoms with Crippen LogP contribution in [0.2, 0.25) is 0 Å². The Morgan fingerprint density at radius 2 is 2.16 bits per heavy atom. The second kappa shape index (κ2) is 6.17. The summed E-state index contributed by atoms with van der Waals surface area (Å²) < 4.78 is 4.85. The highest BCUT2D eigenvalue weighted by Crippen LogP contribution is 2.34. The number of nitrogens with zero attached hydrogens (tertiary/aromatic N) is 1. The average molecular weight is 263 g/mol. The average Bonchev–Trinajstić information content (AvgIpc) is 3.19. The van der Waals surface area contributed by atoms with Crippen molar-refractivity contribution in [3.05, 3.63) is 35.9 Å². The molecule has 0 aromatic heterocycles. The molecule has 0 amide bonds. The lowest BCUT2D eigenvalue weighted by Crippen LogP contribution is -2.24. The number of ether oxygens (including phenoxy) is 1. The lowest BCUT2D eigenvalue weighted by atomic mass is 10.1. The van der Waals surface area contributed by atoms with E-state index in [4.69, 9.17) is 4.74 Å². The van der Waals surface area contributed by atoms with E-state index in [2.05, 4.69) is 24.0 Å². The normalized spacial score (nSPS) is 24.6. The molecule has 1 aliphatic rings. The van der Waals surface area contributed by atoms with Gasteiger partial charge in [-0.05, 0) is 19.4 Å². The Kier molecular flexibility index (Phi) is 4.56. The lowest BCUT2D eigenvalue weighted by Gasteiger charge is -2.16. The molecule has 4 heteroatoms. The Bertz CT molecular complexity index is 421. The van der Waals surface area contributed by atoms with Gasteiger partial charge in [0.2, 0.25) is 0 Å². The van der Waals surface area contributed by atoms with Gasteiger partial charge in [0.25, 0.3) is 0 Å². The predicted octanol–water partition coefficient (Wildman–Crippen LogP) is 1.75. The van der Waals surface area contributed by atoms with Gasteiger partial charge in [0.15, 0.2) is 0 Å².